The van der Waals surface area contributed by atoms with Gasteiger partial charge in [0, 0.05) is 13.0 Å². The predicted molar refractivity (Wildman–Crippen MR) is 49.9 cm³/mol. The highest BCUT2D eigenvalue weighted by Crippen LogP contribution is 2.24. The van der Waals surface area contributed by atoms with Crippen LogP contribution in [0.2, 0.25) is 0 Å². The van der Waals surface area contributed by atoms with Gasteiger partial charge in [0.25, 0.3) is 0 Å². The molecule has 1 heterocycles. The highest BCUT2D eigenvalue weighted by Gasteiger charge is 2.21. The van der Waals surface area contributed by atoms with E-state index < -0.39 is 4.92 Å². The predicted octanol–water partition coefficient (Wildman–Crippen LogP) is 1.75. The standard InChI is InChI=1S/C9H13NO4/c1-9(2,6-11)5-7-3-4-8(14-7)10(12)13/h3-4,11H,5-6H2,1-2H3. The van der Waals surface area contributed by atoms with E-state index in [1.54, 1.807) is 6.07 Å². The van der Waals surface area contributed by atoms with Crippen LogP contribution in [-0.2, 0) is 6.42 Å². The van der Waals surface area contributed by atoms with E-state index in [0.29, 0.717) is 12.2 Å². The van der Waals surface area contributed by atoms with Crippen LogP contribution >= 0.6 is 0 Å². The first-order valence-corrected chi connectivity index (χ1v) is 4.28. The molecule has 0 spiro atoms. The number of hydrogen-bond acceptors (Lipinski definition) is 4. The first-order chi connectivity index (χ1) is 6.44. The Labute approximate surface area is 81.5 Å². The van der Waals surface area contributed by atoms with E-state index in [-0.39, 0.29) is 17.9 Å². The minimum Gasteiger partial charge on any atom is -0.406 e. The molecule has 1 rings (SSSR count). The third-order valence-electron chi connectivity index (χ3n) is 1.91. The summed E-state index contributed by atoms with van der Waals surface area (Å²) in [5.41, 5.74) is -0.314. The lowest BCUT2D eigenvalue weighted by atomic mass is 9.89. The molecule has 1 aromatic rings. The van der Waals surface area contributed by atoms with E-state index in [1.807, 2.05) is 13.8 Å². The molecule has 5 nitrogen and oxygen atoms in total. The van der Waals surface area contributed by atoms with E-state index in [0.717, 1.165) is 0 Å². The van der Waals surface area contributed by atoms with E-state index in [1.165, 1.54) is 6.07 Å². The molecule has 0 bridgehead atoms. The summed E-state index contributed by atoms with van der Waals surface area (Å²) in [4.78, 5) is 9.74. The second-order valence-corrected chi connectivity index (χ2v) is 4.00. The fourth-order valence-corrected chi connectivity index (χ4v) is 1.09. The first kappa shape index (κ1) is 10.7. The van der Waals surface area contributed by atoms with Crippen molar-refractivity contribution in [3.8, 4) is 0 Å². The van der Waals surface area contributed by atoms with Crippen molar-refractivity contribution in [2.75, 3.05) is 6.61 Å². The Morgan fingerprint density at radius 2 is 2.21 bits per heavy atom. The SMILES string of the molecule is CC(C)(CO)Cc1ccc([N+](=O)[O-])o1. The summed E-state index contributed by atoms with van der Waals surface area (Å²) in [7, 11) is 0. The highest BCUT2D eigenvalue weighted by molar-refractivity contribution is 5.18. The molecule has 0 aliphatic carbocycles. The number of nitro groups is 1. The molecular weight excluding hydrogens is 186 g/mol. The maximum Gasteiger partial charge on any atom is 0.433 e. The van der Waals surface area contributed by atoms with Crippen molar-refractivity contribution in [3.63, 3.8) is 0 Å². The number of aliphatic hydroxyl groups excluding tert-OH is 1. The van der Waals surface area contributed by atoms with Crippen molar-refractivity contribution >= 4 is 5.88 Å². The van der Waals surface area contributed by atoms with E-state index in [4.69, 9.17) is 9.52 Å². The molecule has 0 saturated carbocycles. The van der Waals surface area contributed by atoms with Crippen LogP contribution in [0.4, 0.5) is 5.88 Å². The maximum absolute atomic E-state index is 10.3. The molecule has 1 N–H and O–H groups in total. The van der Waals surface area contributed by atoms with Crippen molar-refractivity contribution < 1.29 is 14.4 Å². The summed E-state index contributed by atoms with van der Waals surface area (Å²) in [6, 6.07) is 2.89. The molecule has 0 saturated heterocycles. The average molecular weight is 199 g/mol. The van der Waals surface area contributed by atoms with Gasteiger partial charge in [0.2, 0.25) is 0 Å². The lowest BCUT2D eigenvalue weighted by Gasteiger charge is -2.19. The van der Waals surface area contributed by atoms with Gasteiger partial charge in [0.1, 0.15) is 10.7 Å². The number of rotatable bonds is 4. The van der Waals surface area contributed by atoms with Gasteiger partial charge in [0.05, 0.1) is 6.07 Å². The summed E-state index contributed by atoms with van der Waals surface area (Å²) >= 11 is 0. The smallest absolute Gasteiger partial charge is 0.406 e. The van der Waals surface area contributed by atoms with Crippen molar-refractivity contribution in [2.24, 2.45) is 5.41 Å². The van der Waals surface area contributed by atoms with Crippen LogP contribution in [0.25, 0.3) is 0 Å². The molecular formula is C9H13NO4. The van der Waals surface area contributed by atoms with Crippen LogP contribution in [-0.4, -0.2) is 16.6 Å². The Morgan fingerprint density at radius 3 is 2.64 bits per heavy atom. The number of furan rings is 1. The molecule has 0 aliphatic heterocycles. The Balaban J connectivity index is 2.73. The first-order valence-electron chi connectivity index (χ1n) is 4.28. The lowest BCUT2D eigenvalue weighted by molar-refractivity contribution is -0.402. The molecule has 0 aromatic carbocycles. The van der Waals surface area contributed by atoms with Gasteiger partial charge in [-0.15, -0.1) is 0 Å². The zero-order chi connectivity index (χ0) is 10.8. The Hall–Kier alpha value is -1.36. The number of aliphatic hydroxyl groups is 1. The molecule has 0 fully saturated rings. The molecule has 0 aliphatic rings. The van der Waals surface area contributed by atoms with Crippen molar-refractivity contribution in [2.45, 2.75) is 20.3 Å². The Morgan fingerprint density at radius 1 is 1.57 bits per heavy atom. The molecule has 5 heteroatoms. The van der Waals surface area contributed by atoms with Gasteiger partial charge >= 0.3 is 5.88 Å². The fourth-order valence-electron chi connectivity index (χ4n) is 1.09. The van der Waals surface area contributed by atoms with Gasteiger partial charge in [-0.25, -0.2) is 0 Å². The van der Waals surface area contributed by atoms with E-state index in [2.05, 4.69) is 0 Å². The number of nitrogens with zero attached hydrogens (tertiary/aromatic N) is 1. The quantitative estimate of drug-likeness (QED) is 0.592. The van der Waals surface area contributed by atoms with Gasteiger partial charge < -0.3 is 9.52 Å². The van der Waals surface area contributed by atoms with Crippen molar-refractivity contribution in [3.05, 3.63) is 28.0 Å². The fraction of sp³-hybridized carbons (Fsp3) is 0.556. The summed E-state index contributed by atoms with van der Waals surface area (Å²) in [6.07, 6.45) is 0.483. The zero-order valence-electron chi connectivity index (χ0n) is 8.19. The lowest BCUT2D eigenvalue weighted by Crippen LogP contribution is -2.19. The van der Waals surface area contributed by atoms with Crippen molar-refractivity contribution in [1.82, 2.24) is 0 Å². The summed E-state index contributed by atoms with van der Waals surface area (Å²) in [5, 5.41) is 19.3. The van der Waals surface area contributed by atoms with E-state index in [9.17, 15) is 10.1 Å². The summed E-state index contributed by atoms with van der Waals surface area (Å²) in [6.45, 7) is 3.74. The van der Waals surface area contributed by atoms with Gasteiger partial charge in [-0.3, -0.25) is 10.1 Å². The van der Waals surface area contributed by atoms with Crippen LogP contribution in [0.3, 0.4) is 0 Å². The van der Waals surface area contributed by atoms with Crippen LogP contribution in [0.1, 0.15) is 19.6 Å². The molecule has 0 radical (unpaired) electrons. The minimum atomic E-state index is -0.574. The third kappa shape index (κ3) is 2.56. The summed E-state index contributed by atoms with van der Waals surface area (Å²) in [5.74, 6) is 0.268. The molecule has 0 amide bonds. The normalized spacial score (nSPS) is 11.6. The van der Waals surface area contributed by atoms with Crippen LogP contribution in [0.5, 0.6) is 0 Å². The van der Waals surface area contributed by atoms with E-state index >= 15 is 0 Å². The van der Waals surface area contributed by atoms with Gasteiger partial charge in [-0.2, -0.15) is 0 Å². The Kier molecular flexibility index (Phi) is 2.90. The largest absolute Gasteiger partial charge is 0.433 e. The zero-order valence-corrected chi connectivity index (χ0v) is 8.19. The second kappa shape index (κ2) is 3.79. The molecule has 0 unspecified atom stereocenters. The highest BCUT2D eigenvalue weighted by atomic mass is 16.6. The second-order valence-electron chi connectivity index (χ2n) is 4.00. The molecule has 1 aromatic heterocycles. The van der Waals surface area contributed by atoms with Crippen LogP contribution in [0, 0.1) is 15.5 Å². The van der Waals surface area contributed by atoms with Crippen LogP contribution < -0.4 is 0 Å². The minimum absolute atomic E-state index is 0.0154. The van der Waals surface area contributed by atoms with Crippen LogP contribution in [0.15, 0.2) is 16.5 Å². The number of hydrogen-bond donors (Lipinski definition) is 1. The monoisotopic (exact) mass is 199 g/mol. The molecule has 14 heavy (non-hydrogen) atoms. The third-order valence-corrected chi connectivity index (χ3v) is 1.91. The molecule has 0 atom stereocenters. The molecule has 78 valence electrons. The topological polar surface area (TPSA) is 76.5 Å². The average Bonchev–Trinajstić information content (AvgIpc) is 2.52. The van der Waals surface area contributed by atoms with Gasteiger partial charge in [0.15, 0.2) is 0 Å². The Bertz CT molecular complexity index is 329. The van der Waals surface area contributed by atoms with Gasteiger partial charge in [-0.1, -0.05) is 13.8 Å². The summed E-state index contributed by atoms with van der Waals surface area (Å²) < 4.78 is 4.97. The maximum atomic E-state index is 10.3. The van der Waals surface area contributed by atoms with Gasteiger partial charge in [-0.05, 0) is 11.5 Å². The van der Waals surface area contributed by atoms with Crippen molar-refractivity contribution in [1.29, 1.82) is 0 Å².